The van der Waals surface area contributed by atoms with Gasteiger partial charge in [0.05, 0.1) is 18.5 Å². The molecule has 1 atom stereocenters. The Kier molecular flexibility index (Phi) is 8.44. The molecule has 0 saturated heterocycles. The van der Waals surface area contributed by atoms with Crippen LogP contribution < -0.4 is 14.8 Å². The summed E-state index contributed by atoms with van der Waals surface area (Å²) in [5, 5.41) is 3.55. The summed E-state index contributed by atoms with van der Waals surface area (Å²) in [4.78, 5) is 4.74. The Bertz CT molecular complexity index is 1190. The van der Waals surface area contributed by atoms with Crippen LogP contribution in [0.25, 0.3) is 11.3 Å². The minimum Gasteiger partial charge on any atom is -0.494 e. The minimum atomic E-state index is 0.543. The molecule has 0 aliphatic carbocycles. The van der Waals surface area contributed by atoms with E-state index in [4.69, 9.17) is 14.5 Å². The topological polar surface area (TPSA) is 48.3 Å². The molecular formula is C30H35N3O2. The lowest BCUT2D eigenvalue weighted by atomic mass is 10.1. The molecule has 3 aromatic carbocycles. The van der Waals surface area contributed by atoms with Crippen LogP contribution in [0.1, 0.15) is 38.3 Å². The molecule has 5 nitrogen and oxygen atoms in total. The van der Waals surface area contributed by atoms with Gasteiger partial charge in [-0.25, -0.2) is 4.98 Å². The first-order chi connectivity index (χ1) is 17.2. The number of benzene rings is 3. The van der Waals surface area contributed by atoms with Crippen LogP contribution in [0.15, 0.2) is 85.1 Å². The zero-order chi connectivity index (χ0) is 24.5. The highest BCUT2D eigenvalue weighted by Crippen LogP contribution is 2.27. The molecule has 5 heteroatoms. The number of hydrogen-bond donors (Lipinski definition) is 1. The van der Waals surface area contributed by atoms with Crippen molar-refractivity contribution in [3.63, 3.8) is 0 Å². The molecule has 0 spiro atoms. The smallest absolute Gasteiger partial charge is 0.203 e. The summed E-state index contributed by atoms with van der Waals surface area (Å²) in [5.74, 6) is 3.17. The van der Waals surface area contributed by atoms with Gasteiger partial charge in [0, 0.05) is 18.7 Å². The van der Waals surface area contributed by atoms with Gasteiger partial charge in [-0.15, -0.1) is 0 Å². The van der Waals surface area contributed by atoms with Crippen LogP contribution in [0.5, 0.6) is 11.5 Å². The first-order valence-electron chi connectivity index (χ1n) is 12.4. The monoisotopic (exact) mass is 469 g/mol. The Labute approximate surface area is 208 Å². The SMILES string of the molecule is CCOc1ccc(-c2cnc(NCc3cccc(OCc4ccccc4)c3)n2CC(C)CC)cc1. The first-order valence-corrected chi connectivity index (χ1v) is 12.4. The van der Waals surface area contributed by atoms with Crippen LogP contribution in [0.2, 0.25) is 0 Å². The second-order valence-corrected chi connectivity index (χ2v) is 8.82. The molecular weight excluding hydrogens is 434 g/mol. The third kappa shape index (κ3) is 6.66. The average Bonchev–Trinajstić information content (AvgIpc) is 3.29. The van der Waals surface area contributed by atoms with Crippen LogP contribution in [0.3, 0.4) is 0 Å². The van der Waals surface area contributed by atoms with Crippen molar-refractivity contribution >= 4 is 5.95 Å². The molecule has 0 radical (unpaired) electrons. The van der Waals surface area contributed by atoms with Gasteiger partial charge in [0.2, 0.25) is 5.95 Å². The van der Waals surface area contributed by atoms with Crippen molar-refractivity contribution in [3.05, 3.63) is 96.2 Å². The molecule has 4 rings (SSSR count). The molecule has 0 bridgehead atoms. The molecule has 1 unspecified atom stereocenters. The second kappa shape index (κ2) is 12.1. The van der Waals surface area contributed by atoms with Crippen molar-refractivity contribution in [1.29, 1.82) is 0 Å². The van der Waals surface area contributed by atoms with Crippen molar-refractivity contribution in [2.45, 2.75) is 46.9 Å². The van der Waals surface area contributed by atoms with Crippen LogP contribution in [-0.2, 0) is 19.7 Å². The third-order valence-electron chi connectivity index (χ3n) is 6.11. The Morgan fingerprint density at radius 1 is 0.857 bits per heavy atom. The van der Waals surface area contributed by atoms with Crippen molar-refractivity contribution in [2.24, 2.45) is 5.92 Å². The fourth-order valence-corrected chi connectivity index (χ4v) is 3.93. The second-order valence-electron chi connectivity index (χ2n) is 8.82. The molecule has 4 aromatic rings. The van der Waals surface area contributed by atoms with E-state index in [-0.39, 0.29) is 0 Å². The van der Waals surface area contributed by atoms with Gasteiger partial charge in [0.25, 0.3) is 0 Å². The van der Waals surface area contributed by atoms with E-state index in [1.807, 2.05) is 55.6 Å². The molecule has 0 saturated carbocycles. The molecule has 1 heterocycles. The molecule has 182 valence electrons. The van der Waals surface area contributed by atoms with Gasteiger partial charge in [-0.3, -0.25) is 0 Å². The van der Waals surface area contributed by atoms with Gasteiger partial charge in [-0.05, 0) is 60.4 Å². The highest BCUT2D eigenvalue weighted by Gasteiger charge is 2.14. The maximum atomic E-state index is 6.01. The highest BCUT2D eigenvalue weighted by atomic mass is 16.5. The number of rotatable bonds is 12. The fourth-order valence-electron chi connectivity index (χ4n) is 3.93. The number of aromatic nitrogens is 2. The number of anilines is 1. The predicted molar refractivity (Wildman–Crippen MR) is 143 cm³/mol. The lowest BCUT2D eigenvalue weighted by Crippen LogP contribution is -2.13. The molecule has 1 N–H and O–H groups in total. The number of hydrogen-bond acceptors (Lipinski definition) is 4. The van der Waals surface area contributed by atoms with E-state index < -0.39 is 0 Å². The number of nitrogens with one attached hydrogen (secondary N) is 1. The standard InChI is InChI=1S/C30H35N3O2/c1-4-23(3)21-33-29(26-14-16-27(17-15-26)34-5-2)20-32-30(33)31-19-25-12-9-13-28(18-25)35-22-24-10-7-6-8-11-24/h6-18,20,23H,4-5,19,21-22H2,1-3H3,(H,31,32). The summed E-state index contributed by atoms with van der Waals surface area (Å²) in [6.45, 7) is 9.30. The summed E-state index contributed by atoms with van der Waals surface area (Å²) in [6, 6.07) is 26.7. The van der Waals surface area contributed by atoms with Crippen molar-refractivity contribution in [3.8, 4) is 22.8 Å². The zero-order valence-electron chi connectivity index (χ0n) is 20.9. The Morgan fingerprint density at radius 2 is 1.63 bits per heavy atom. The first kappa shape index (κ1) is 24.4. The van der Waals surface area contributed by atoms with E-state index in [9.17, 15) is 0 Å². The van der Waals surface area contributed by atoms with Gasteiger partial charge >= 0.3 is 0 Å². The Morgan fingerprint density at radius 3 is 2.37 bits per heavy atom. The zero-order valence-corrected chi connectivity index (χ0v) is 20.9. The summed E-state index contributed by atoms with van der Waals surface area (Å²) in [7, 11) is 0. The largest absolute Gasteiger partial charge is 0.494 e. The highest BCUT2D eigenvalue weighted by molar-refractivity contribution is 5.62. The van der Waals surface area contributed by atoms with E-state index in [1.165, 1.54) is 0 Å². The maximum Gasteiger partial charge on any atom is 0.203 e. The molecule has 35 heavy (non-hydrogen) atoms. The van der Waals surface area contributed by atoms with E-state index in [1.54, 1.807) is 0 Å². The van der Waals surface area contributed by atoms with Crippen LogP contribution in [0, 0.1) is 5.92 Å². The number of ether oxygens (including phenoxy) is 2. The van der Waals surface area contributed by atoms with Crippen LogP contribution in [0.4, 0.5) is 5.95 Å². The van der Waals surface area contributed by atoms with Gasteiger partial charge in [0.15, 0.2) is 0 Å². The van der Waals surface area contributed by atoms with Crippen LogP contribution in [-0.4, -0.2) is 16.2 Å². The molecule has 0 aliphatic heterocycles. The van der Waals surface area contributed by atoms with E-state index in [2.05, 4.69) is 60.1 Å². The number of nitrogens with zero attached hydrogens (tertiary/aromatic N) is 2. The van der Waals surface area contributed by atoms with E-state index >= 15 is 0 Å². The summed E-state index contributed by atoms with van der Waals surface area (Å²) in [5.41, 5.74) is 4.55. The number of imidazole rings is 1. The third-order valence-corrected chi connectivity index (χ3v) is 6.11. The van der Waals surface area contributed by atoms with Gasteiger partial charge in [-0.2, -0.15) is 0 Å². The normalized spacial score (nSPS) is 11.7. The fraction of sp³-hybridized carbons (Fsp3) is 0.300. The Balaban J connectivity index is 1.47. The minimum absolute atomic E-state index is 0.543. The summed E-state index contributed by atoms with van der Waals surface area (Å²) < 4.78 is 13.9. The molecule has 0 amide bonds. The summed E-state index contributed by atoms with van der Waals surface area (Å²) in [6.07, 6.45) is 3.07. The van der Waals surface area contributed by atoms with Crippen molar-refractivity contribution in [2.75, 3.05) is 11.9 Å². The lowest BCUT2D eigenvalue weighted by Gasteiger charge is -2.17. The van der Waals surface area contributed by atoms with Gasteiger partial charge in [-0.1, -0.05) is 62.7 Å². The summed E-state index contributed by atoms with van der Waals surface area (Å²) >= 11 is 0. The van der Waals surface area contributed by atoms with Crippen LogP contribution >= 0.6 is 0 Å². The Hall–Kier alpha value is -3.73. The van der Waals surface area contributed by atoms with E-state index in [0.717, 1.165) is 52.8 Å². The lowest BCUT2D eigenvalue weighted by molar-refractivity contribution is 0.306. The van der Waals surface area contributed by atoms with E-state index in [0.29, 0.717) is 25.7 Å². The molecule has 0 fully saturated rings. The molecule has 1 aromatic heterocycles. The molecule has 0 aliphatic rings. The average molecular weight is 470 g/mol. The quantitative estimate of drug-likeness (QED) is 0.239. The maximum absolute atomic E-state index is 6.01. The van der Waals surface area contributed by atoms with Gasteiger partial charge < -0.3 is 19.4 Å². The predicted octanol–water partition coefficient (Wildman–Crippen LogP) is 7.19. The van der Waals surface area contributed by atoms with Crippen molar-refractivity contribution in [1.82, 2.24) is 9.55 Å². The van der Waals surface area contributed by atoms with Crippen molar-refractivity contribution < 1.29 is 9.47 Å². The van der Waals surface area contributed by atoms with Gasteiger partial charge in [0.1, 0.15) is 18.1 Å².